The Morgan fingerprint density at radius 3 is 2.83 bits per heavy atom. The summed E-state index contributed by atoms with van der Waals surface area (Å²) in [5.41, 5.74) is 1.50. The number of fused-ring (bicyclic) bond motifs is 1. The number of pyridine rings is 1. The lowest BCUT2D eigenvalue weighted by Gasteiger charge is -2.25. The molecule has 18 heavy (non-hydrogen) atoms. The molecule has 0 radical (unpaired) electrons. The number of aromatic nitrogens is 2. The molecule has 1 atom stereocenters. The van der Waals surface area contributed by atoms with Crippen molar-refractivity contribution in [1.82, 2.24) is 9.38 Å². The molecule has 1 unspecified atom stereocenters. The van der Waals surface area contributed by atoms with Gasteiger partial charge < -0.3 is 4.40 Å². The molecule has 1 saturated carbocycles. The van der Waals surface area contributed by atoms with Crippen LogP contribution in [-0.4, -0.2) is 9.38 Å². The molecule has 0 aliphatic heterocycles. The van der Waals surface area contributed by atoms with E-state index in [4.69, 9.17) is 11.6 Å². The largest absolute Gasteiger partial charge is 0.300 e. The van der Waals surface area contributed by atoms with E-state index in [-0.39, 0.29) is 5.92 Å². The Morgan fingerprint density at radius 1 is 1.28 bits per heavy atom. The molecule has 1 aliphatic carbocycles. The third kappa shape index (κ3) is 2.12. The van der Waals surface area contributed by atoms with Crippen molar-refractivity contribution in [3.05, 3.63) is 35.4 Å². The van der Waals surface area contributed by atoms with Gasteiger partial charge in [0.15, 0.2) is 0 Å². The van der Waals surface area contributed by atoms with Crippen molar-refractivity contribution in [2.24, 2.45) is 5.92 Å². The highest BCUT2D eigenvalue weighted by molar-refractivity contribution is 6.31. The van der Waals surface area contributed by atoms with Gasteiger partial charge in [0, 0.05) is 5.02 Å². The number of halogens is 2. The smallest absolute Gasteiger partial charge is 0.143 e. The number of rotatable bonds is 2. The van der Waals surface area contributed by atoms with E-state index in [2.05, 4.69) is 4.98 Å². The molecule has 2 aromatic rings. The van der Waals surface area contributed by atoms with E-state index in [1.807, 2.05) is 10.5 Å². The molecule has 0 aromatic carbocycles. The van der Waals surface area contributed by atoms with Crippen molar-refractivity contribution < 1.29 is 4.39 Å². The summed E-state index contributed by atoms with van der Waals surface area (Å²) in [7, 11) is 0. The van der Waals surface area contributed by atoms with Crippen LogP contribution < -0.4 is 0 Å². The van der Waals surface area contributed by atoms with Crippen LogP contribution in [0.4, 0.5) is 4.39 Å². The summed E-state index contributed by atoms with van der Waals surface area (Å²) in [6.45, 7) is 0. The molecule has 3 rings (SSSR count). The highest BCUT2D eigenvalue weighted by Crippen LogP contribution is 2.37. The number of hydrogen-bond donors (Lipinski definition) is 0. The molecule has 0 saturated heterocycles. The zero-order chi connectivity index (χ0) is 12.5. The predicted molar refractivity (Wildman–Crippen MR) is 70.6 cm³/mol. The minimum atomic E-state index is -0.944. The quantitative estimate of drug-likeness (QED) is 0.778. The molecular formula is C14H16ClFN2. The first-order chi connectivity index (χ1) is 8.75. The van der Waals surface area contributed by atoms with Crippen molar-refractivity contribution in [2.45, 2.75) is 38.3 Å². The van der Waals surface area contributed by atoms with Gasteiger partial charge in [0.1, 0.15) is 6.17 Å². The lowest BCUT2D eigenvalue weighted by Crippen LogP contribution is -2.15. The Labute approximate surface area is 111 Å². The summed E-state index contributed by atoms with van der Waals surface area (Å²) in [6, 6.07) is 3.54. The molecule has 0 amide bonds. The monoisotopic (exact) mass is 266 g/mol. The second kappa shape index (κ2) is 4.88. The standard InChI is InChI=1S/C14H16ClFN2/c15-11-6-12-8-17-9-18(12)13(7-11)14(16)10-4-2-1-3-5-10/h6-10,14H,1-5H2. The first kappa shape index (κ1) is 12.0. The Balaban J connectivity index is 1.99. The molecule has 1 aliphatic rings. The lowest BCUT2D eigenvalue weighted by atomic mass is 9.84. The number of hydrogen-bond acceptors (Lipinski definition) is 1. The van der Waals surface area contributed by atoms with E-state index >= 15 is 0 Å². The fraction of sp³-hybridized carbons (Fsp3) is 0.500. The highest BCUT2D eigenvalue weighted by atomic mass is 35.5. The van der Waals surface area contributed by atoms with E-state index < -0.39 is 6.17 Å². The van der Waals surface area contributed by atoms with Gasteiger partial charge in [-0.3, -0.25) is 0 Å². The minimum Gasteiger partial charge on any atom is -0.300 e. The number of nitrogens with zero attached hydrogens (tertiary/aromatic N) is 2. The van der Waals surface area contributed by atoms with Gasteiger partial charge >= 0.3 is 0 Å². The van der Waals surface area contributed by atoms with Gasteiger partial charge in [-0.2, -0.15) is 0 Å². The molecule has 2 aromatic heterocycles. The summed E-state index contributed by atoms with van der Waals surface area (Å²) in [5.74, 6) is 0.128. The number of alkyl halides is 1. The zero-order valence-electron chi connectivity index (χ0n) is 10.1. The van der Waals surface area contributed by atoms with E-state index in [9.17, 15) is 4.39 Å². The van der Waals surface area contributed by atoms with Gasteiger partial charge in [-0.05, 0) is 30.9 Å². The van der Waals surface area contributed by atoms with Gasteiger partial charge in [0.05, 0.1) is 23.7 Å². The van der Waals surface area contributed by atoms with Crippen molar-refractivity contribution >= 4 is 17.1 Å². The topological polar surface area (TPSA) is 17.3 Å². The Bertz CT molecular complexity index is 546. The molecule has 1 fully saturated rings. The Kier molecular flexibility index (Phi) is 3.25. The van der Waals surface area contributed by atoms with Crippen molar-refractivity contribution in [1.29, 1.82) is 0 Å². The zero-order valence-corrected chi connectivity index (χ0v) is 10.9. The van der Waals surface area contributed by atoms with Crippen LogP contribution in [0.5, 0.6) is 0 Å². The first-order valence-corrected chi connectivity index (χ1v) is 6.89. The molecule has 2 heterocycles. The molecule has 0 N–H and O–H groups in total. The van der Waals surface area contributed by atoms with E-state index in [1.165, 1.54) is 6.42 Å². The van der Waals surface area contributed by atoms with E-state index in [0.29, 0.717) is 10.7 Å². The summed E-state index contributed by atoms with van der Waals surface area (Å²) < 4.78 is 16.5. The normalized spacial score (nSPS) is 19.2. The summed E-state index contributed by atoms with van der Waals surface area (Å²) in [6.07, 6.45) is 7.89. The van der Waals surface area contributed by atoms with Crippen molar-refractivity contribution in [3.63, 3.8) is 0 Å². The van der Waals surface area contributed by atoms with Crippen LogP contribution in [0.15, 0.2) is 24.7 Å². The van der Waals surface area contributed by atoms with Crippen LogP contribution in [0.25, 0.3) is 5.52 Å². The third-order valence-electron chi connectivity index (χ3n) is 3.86. The maximum atomic E-state index is 14.7. The van der Waals surface area contributed by atoms with Crippen LogP contribution in [0.3, 0.4) is 0 Å². The van der Waals surface area contributed by atoms with Gasteiger partial charge in [0.25, 0.3) is 0 Å². The highest BCUT2D eigenvalue weighted by Gasteiger charge is 2.26. The molecular weight excluding hydrogens is 251 g/mol. The molecule has 0 spiro atoms. The van der Waals surface area contributed by atoms with Crippen molar-refractivity contribution in [2.75, 3.05) is 0 Å². The molecule has 2 nitrogen and oxygen atoms in total. The third-order valence-corrected chi connectivity index (χ3v) is 4.08. The lowest BCUT2D eigenvalue weighted by molar-refractivity contribution is 0.177. The first-order valence-electron chi connectivity index (χ1n) is 6.51. The van der Waals surface area contributed by atoms with Gasteiger partial charge in [-0.25, -0.2) is 9.37 Å². The maximum absolute atomic E-state index is 14.7. The van der Waals surface area contributed by atoms with Crippen LogP contribution >= 0.6 is 11.6 Å². The average molecular weight is 267 g/mol. The van der Waals surface area contributed by atoms with Crippen LogP contribution in [0.2, 0.25) is 5.02 Å². The average Bonchev–Trinajstić information content (AvgIpc) is 2.86. The second-order valence-corrected chi connectivity index (χ2v) is 5.52. The Hall–Kier alpha value is -1.09. The molecule has 4 heteroatoms. The van der Waals surface area contributed by atoms with E-state index in [0.717, 1.165) is 31.2 Å². The predicted octanol–water partition coefficient (Wildman–Crippen LogP) is 4.58. The van der Waals surface area contributed by atoms with Gasteiger partial charge in [-0.1, -0.05) is 30.9 Å². The number of imidazole rings is 1. The fourth-order valence-electron chi connectivity index (χ4n) is 2.90. The maximum Gasteiger partial charge on any atom is 0.143 e. The summed E-state index contributed by atoms with van der Waals surface area (Å²) >= 11 is 6.06. The SMILES string of the molecule is FC(c1cc(Cl)cc2cncn12)C1CCCCC1. The molecule has 96 valence electrons. The van der Waals surface area contributed by atoms with Crippen LogP contribution in [-0.2, 0) is 0 Å². The van der Waals surface area contributed by atoms with E-state index in [1.54, 1.807) is 18.6 Å². The van der Waals surface area contributed by atoms with Gasteiger partial charge in [0.2, 0.25) is 0 Å². The second-order valence-electron chi connectivity index (χ2n) is 5.09. The molecule has 0 bridgehead atoms. The minimum absolute atomic E-state index is 0.128. The van der Waals surface area contributed by atoms with Crippen molar-refractivity contribution in [3.8, 4) is 0 Å². The van der Waals surface area contributed by atoms with Crippen LogP contribution in [0.1, 0.15) is 44.0 Å². The van der Waals surface area contributed by atoms with Crippen LogP contribution in [0, 0.1) is 5.92 Å². The van der Waals surface area contributed by atoms with Gasteiger partial charge in [-0.15, -0.1) is 0 Å². The Morgan fingerprint density at radius 2 is 2.06 bits per heavy atom. The summed E-state index contributed by atoms with van der Waals surface area (Å²) in [4.78, 5) is 4.07. The summed E-state index contributed by atoms with van der Waals surface area (Å²) in [5, 5.41) is 0.580. The fourth-order valence-corrected chi connectivity index (χ4v) is 3.13.